The lowest BCUT2D eigenvalue weighted by atomic mass is 10.2. The number of carbonyl (C=O) groups is 1. The standard InChI is InChI=1S/C21H28N6O.2ClH/c1-25(2)18-10-8-17(9-11-18)23-24-20-7-5-4-6-19(20)22-21(28)16-27-14-12-26(3)13-15-27;;/h4-11H,12-16H2,1-3H3,(H,22,28);2*1H. The van der Waals surface area contributed by atoms with Gasteiger partial charge < -0.3 is 15.1 Å². The van der Waals surface area contributed by atoms with Gasteiger partial charge in [-0.05, 0) is 43.4 Å². The van der Waals surface area contributed by atoms with Gasteiger partial charge in [-0.25, -0.2) is 0 Å². The summed E-state index contributed by atoms with van der Waals surface area (Å²) in [6.45, 7) is 4.20. The summed E-state index contributed by atoms with van der Waals surface area (Å²) in [6.07, 6.45) is 0. The zero-order valence-electron chi connectivity index (χ0n) is 17.6. The highest BCUT2D eigenvalue weighted by molar-refractivity contribution is 5.94. The highest BCUT2D eigenvalue weighted by Crippen LogP contribution is 2.27. The smallest absolute Gasteiger partial charge is 0.238 e. The molecule has 0 atom stereocenters. The molecule has 30 heavy (non-hydrogen) atoms. The third-order valence-corrected chi connectivity index (χ3v) is 4.78. The maximum Gasteiger partial charge on any atom is 0.238 e. The van der Waals surface area contributed by atoms with Crippen molar-refractivity contribution in [1.29, 1.82) is 0 Å². The largest absolute Gasteiger partial charge is 0.378 e. The number of benzene rings is 2. The Labute approximate surface area is 191 Å². The molecule has 1 amide bonds. The third kappa shape index (κ3) is 7.57. The summed E-state index contributed by atoms with van der Waals surface area (Å²) in [6, 6.07) is 15.3. The van der Waals surface area contributed by atoms with Crippen molar-refractivity contribution in [2.75, 3.05) is 64.1 Å². The van der Waals surface area contributed by atoms with E-state index in [9.17, 15) is 4.79 Å². The van der Waals surface area contributed by atoms with E-state index in [2.05, 4.69) is 32.4 Å². The minimum Gasteiger partial charge on any atom is -0.378 e. The molecular formula is C21H30Cl2N6O. The topological polar surface area (TPSA) is 63.5 Å². The third-order valence-electron chi connectivity index (χ3n) is 4.78. The van der Waals surface area contributed by atoms with Gasteiger partial charge in [0.25, 0.3) is 0 Å². The van der Waals surface area contributed by atoms with Crippen molar-refractivity contribution in [1.82, 2.24) is 9.80 Å². The first kappa shape index (κ1) is 25.8. The Bertz CT molecular complexity index is 821. The number of nitrogens with one attached hydrogen (secondary N) is 1. The molecule has 1 aliphatic heterocycles. The van der Waals surface area contributed by atoms with Gasteiger partial charge in [-0.3, -0.25) is 9.69 Å². The molecule has 1 aliphatic rings. The van der Waals surface area contributed by atoms with Crippen molar-refractivity contribution in [2.45, 2.75) is 0 Å². The highest BCUT2D eigenvalue weighted by Gasteiger charge is 2.17. The number of halogens is 2. The van der Waals surface area contributed by atoms with Crippen molar-refractivity contribution in [3.63, 3.8) is 0 Å². The van der Waals surface area contributed by atoms with E-state index in [4.69, 9.17) is 0 Å². The van der Waals surface area contributed by atoms with Gasteiger partial charge in [0.05, 0.1) is 17.9 Å². The van der Waals surface area contributed by atoms with Gasteiger partial charge in [-0.1, -0.05) is 12.1 Å². The number of likely N-dealkylation sites (N-methyl/N-ethyl adjacent to an activating group) is 1. The Balaban J connectivity index is 0.00000225. The zero-order valence-corrected chi connectivity index (χ0v) is 19.2. The predicted molar refractivity (Wildman–Crippen MR) is 128 cm³/mol. The Morgan fingerprint density at radius 1 is 0.967 bits per heavy atom. The Morgan fingerprint density at radius 3 is 2.23 bits per heavy atom. The summed E-state index contributed by atoms with van der Waals surface area (Å²) in [5.41, 5.74) is 3.20. The Kier molecular flexibility index (Phi) is 10.8. The van der Waals surface area contributed by atoms with E-state index >= 15 is 0 Å². The van der Waals surface area contributed by atoms with Gasteiger partial charge in [0, 0.05) is 46.0 Å². The molecule has 3 rings (SSSR count). The second kappa shape index (κ2) is 12.5. The van der Waals surface area contributed by atoms with Crippen molar-refractivity contribution >= 4 is 53.5 Å². The van der Waals surface area contributed by atoms with Gasteiger partial charge in [0.15, 0.2) is 0 Å². The van der Waals surface area contributed by atoms with E-state index in [-0.39, 0.29) is 30.7 Å². The van der Waals surface area contributed by atoms with Crippen LogP contribution in [0.15, 0.2) is 58.8 Å². The molecule has 1 fully saturated rings. The molecule has 0 unspecified atom stereocenters. The summed E-state index contributed by atoms with van der Waals surface area (Å²) >= 11 is 0. The number of anilines is 2. The average Bonchev–Trinajstić information content (AvgIpc) is 2.69. The van der Waals surface area contributed by atoms with Crippen LogP contribution in [-0.2, 0) is 4.79 Å². The molecule has 0 saturated carbocycles. The van der Waals surface area contributed by atoms with Gasteiger partial charge >= 0.3 is 0 Å². The lowest BCUT2D eigenvalue weighted by molar-refractivity contribution is -0.117. The fraction of sp³-hybridized carbons (Fsp3) is 0.381. The fourth-order valence-electron chi connectivity index (χ4n) is 2.99. The molecule has 2 aromatic carbocycles. The highest BCUT2D eigenvalue weighted by atomic mass is 35.5. The van der Waals surface area contributed by atoms with E-state index in [1.54, 1.807) is 0 Å². The summed E-state index contributed by atoms with van der Waals surface area (Å²) in [7, 11) is 6.10. The van der Waals surface area contributed by atoms with E-state index in [1.807, 2.05) is 67.5 Å². The van der Waals surface area contributed by atoms with Gasteiger partial charge in [-0.2, -0.15) is 5.11 Å². The van der Waals surface area contributed by atoms with E-state index in [0.717, 1.165) is 37.6 Å². The molecule has 9 heteroatoms. The van der Waals surface area contributed by atoms with E-state index in [1.165, 1.54) is 0 Å². The molecule has 2 aromatic rings. The lowest BCUT2D eigenvalue weighted by Gasteiger charge is -2.31. The SMILES string of the molecule is CN1CCN(CC(=O)Nc2ccccc2N=Nc2ccc(N(C)C)cc2)CC1.Cl.Cl. The summed E-state index contributed by atoms with van der Waals surface area (Å²) in [4.78, 5) is 18.9. The van der Waals surface area contributed by atoms with Crippen LogP contribution in [0.5, 0.6) is 0 Å². The second-order valence-electron chi connectivity index (χ2n) is 7.26. The fourth-order valence-corrected chi connectivity index (χ4v) is 2.99. The molecule has 0 bridgehead atoms. The maximum atomic E-state index is 12.4. The molecule has 1 saturated heterocycles. The van der Waals surface area contributed by atoms with Crippen LogP contribution in [0.3, 0.4) is 0 Å². The number of hydrogen-bond acceptors (Lipinski definition) is 6. The summed E-state index contributed by atoms with van der Waals surface area (Å²) in [5.74, 6) is -0.0254. The van der Waals surface area contributed by atoms with Gasteiger partial charge in [0.2, 0.25) is 5.91 Å². The molecule has 0 aliphatic carbocycles. The van der Waals surface area contributed by atoms with E-state index < -0.39 is 0 Å². The number of azo groups is 1. The van der Waals surface area contributed by atoms with Crippen molar-refractivity contribution in [3.8, 4) is 0 Å². The molecule has 1 heterocycles. The normalized spacial score (nSPS) is 14.6. The maximum absolute atomic E-state index is 12.4. The molecule has 7 nitrogen and oxygen atoms in total. The number of hydrogen-bond donors (Lipinski definition) is 1. The molecule has 164 valence electrons. The first-order valence-corrected chi connectivity index (χ1v) is 9.50. The van der Waals surface area contributed by atoms with E-state index in [0.29, 0.717) is 17.9 Å². The molecule has 0 radical (unpaired) electrons. The monoisotopic (exact) mass is 452 g/mol. The molecule has 1 N–H and O–H groups in total. The van der Waals surface area contributed by atoms with Crippen LogP contribution in [0, 0.1) is 0 Å². The van der Waals surface area contributed by atoms with Crippen LogP contribution in [0.1, 0.15) is 0 Å². The Hall–Kier alpha value is -2.19. The van der Waals surface area contributed by atoms with Crippen LogP contribution in [0.4, 0.5) is 22.7 Å². The van der Waals surface area contributed by atoms with Crippen LogP contribution >= 0.6 is 24.8 Å². The number of nitrogens with zero attached hydrogens (tertiary/aromatic N) is 5. The number of piperazine rings is 1. The number of para-hydroxylation sites is 1. The van der Waals surface area contributed by atoms with Crippen molar-refractivity contribution in [3.05, 3.63) is 48.5 Å². The lowest BCUT2D eigenvalue weighted by Crippen LogP contribution is -2.47. The van der Waals surface area contributed by atoms with Crippen LogP contribution < -0.4 is 10.2 Å². The first-order valence-electron chi connectivity index (χ1n) is 9.50. The average molecular weight is 453 g/mol. The molecule has 0 spiro atoms. The van der Waals surface area contributed by atoms with Crippen LogP contribution in [0.2, 0.25) is 0 Å². The minimum atomic E-state index is -0.0254. The van der Waals surface area contributed by atoms with Crippen molar-refractivity contribution < 1.29 is 4.79 Å². The number of rotatable bonds is 6. The van der Waals surface area contributed by atoms with Gasteiger partial charge in [0.1, 0.15) is 5.69 Å². The summed E-state index contributed by atoms with van der Waals surface area (Å²) in [5, 5.41) is 11.6. The quantitative estimate of drug-likeness (QED) is 0.666. The summed E-state index contributed by atoms with van der Waals surface area (Å²) < 4.78 is 0. The minimum absolute atomic E-state index is 0. The van der Waals surface area contributed by atoms with Crippen LogP contribution in [0.25, 0.3) is 0 Å². The molecular weight excluding hydrogens is 423 g/mol. The zero-order chi connectivity index (χ0) is 19.9. The predicted octanol–water partition coefficient (Wildman–Crippen LogP) is 4.20. The number of carbonyl (C=O) groups excluding carboxylic acids is 1. The van der Waals surface area contributed by atoms with Crippen molar-refractivity contribution in [2.24, 2.45) is 10.2 Å². The van der Waals surface area contributed by atoms with Crippen LogP contribution in [-0.4, -0.2) is 69.6 Å². The number of amides is 1. The molecule has 0 aromatic heterocycles. The second-order valence-corrected chi connectivity index (χ2v) is 7.26. The first-order chi connectivity index (χ1) is 13.5. The van der Waals surface area contributed by atoms with Gasteiger partial charge in [-0.15, -0.1) is 29.9 Å². The Morgan fingerprint density at radius 2 is 1.60 bits per heavy atom.